The SMILES string of the molecule is COc1ccc(CCC(=O)NC(c2ccccc2)c2nnc(C)o2)cc1. The number of amides is 1. The Bertz CT molecular complexity index is 844. The number of methoxy groups -OCH3 is 1. The molecule has 2 aromatic carbocycles. The molecule has 6 heteroatoms. The molecule has 26 heavy (non-hydrogen) atoms. The highest BCUT2D eigenvalue weighted by molar-refractivity contribution is 5.77. The van der Waals surface area contributed by atoms with Gasteiger partial charge in [-0.2, -0.15) is 0 Å². The summed E-state index contributed by atoms with van der Waals surface area (Å²) in [6.45, 7) is 1.73. The molecular weight excluding hydrogens is 330 g/mol. The van der Waals surface area contributed by atoms with Crippen LogP contribution in [0.15, 0.2) is 59.0 Å². The Morgan fingerprint density at radius 2 is 1.85 bits per heavy atom. The second kappa shape index (κ2) is 8.29. The first-order valence-corrected chi connectivity index (χ1v) is 8.43. The summed E-state index contributed by atoms with van der Waals surface area (Å²) in [7, 11) is 1.63. The Kier molecular flexibility index (Phi) is 5.63. The third-order valence-corrected chi connectivity index (χ3v) is 4.03. The van der Waals surface area contributed by atoms with E-state index in [0.717, 1.165) is 16.9 Å². The molecule has 1 amide bonds. The van der Waals surface area contributed by atoms with Crippen LogP contribution in [0.2, 0.25) is 0 Å². The van der Waals surface area contributed by atoms with Gasteiger partial charge >= 0.3 is 0 Å². The van der Waals surface area contributed by atoms with Crippen LogP contribution < -0.4 is 10.1 Å². The molecule has 0 aliphatic carbocycles. The van der Waals surface area contributed by atoms with Crippen LogP contribution in [0.25, 0.3) is 0 Å². The number of nitrogens with one attached hydrogen (secondary N) is 1. The summed E-state index contributed by atoms with van der Waals surface area (Å²) in [6.07, 6.45) is 1.00. The van der Waals surface area contributed by atoms with Crippen LogP contribution in [-0.2, 0) is 11.2 Å². The zero-order chi connectivity index (χ0) is 18.4. The van der Waals surface area contributed by atoms with Crippen molar-refractivity contribution in [2.24, 2.45) is 0 Å². The van der Waals surface area contributed by atoms with Gasteiger partial charge in [-0.3, -0.25) is 4.79 Å². The monoisotopic (exact) mass is 351 g/mol. The van der Waals surface area contributed by atoms with E-state index >= 15 is 0 Å². The molecule has 0 aliphatic rings. The van der Waals surface area contributed by atoms with Crippen LogP contribution in [0, 0.1) is 6.92 Å². The van der Waals surface area contributed by atoms with Crippen molar-refractivity contribution in [3.63, 3.8) is 0 Å². The quantitative estimate of drug-likeness (QED) is 0.707. The highest BCUT2D eigenvalue weighted by Crippen LogP contribution is 2.21. The smallest absolute Gasteiger partial charge is 0.243 e. The number of benzene rings is 2. The van der Waals surface area contributed by atoms with Gasteiger partial charge in [-0.25, -0.2) is 0 Å². The lowest BCUT2D eigenvalue weighted by atomic mass is 10.1. The summed E-state index contributed by atoms with van der Waals surface area (Å²) in [5.74, 6) is 1.57. The van der Waals surface area contributed by atoms with E-state index in [0.29, 0.717) is 24.6 Å². The molecule has 0 radical (unpaired) electrons. The fourth-order valence-electron chi connectivity index (χ4n) is 2.64. The minimum atomic E-state index is -0.458. The van der Waals surface area contributed by atoms with E-state index in [2.05, 4.69) is 15.5 Å². The number of rotatable bonds is 7. The molecule has 0 saturated carbocycles. The number of nitrogens with zero attached hydrogens (tertiary/aromatic N) is 2. The average molecular weight is 351 g/mol. The summed E-state index contributed by atoms with van der Waals surface area (Å²) >= 11 is 0. The van der Waals surface area contributed by atoms with Gasteiger partial charge in [0.05, 0.1) is 7.11 Å². The first kappa shape index (κ1) is 17.7. The minimum Gasteiger partial charge on any atom is -0.497 e. The molecule has 1 atom stereocenters. The number of hydrogen-bond donors (Lipinski definition) is 1. The third kappa shape index (κ3) is 4.47. The number of aromatic nitrogens is 2. The molecule has 6 nitrogen and oxygen atoms in total. The van der Waals surface area contributed by atoms with Gasteiger partial charge < -0.3 is 14.5 Å². The number of carbonyl (C=O) groups is 1. The summed E-state index contributed by atoms with van der Waals surface area (Å²) in [4.78, 5) is 12.5. The van der Waals surface area contributed by atoms with Crippen LogP contribution in [0.5, 0.6) is 5.75 Å². The van der Waals surface area contributed by atoms with Crippen molar-refractivity contribution in [3.8, 4) is 5.75 Å². The molecule has 1 aromatic heterocycles. The Hall–Kier alpha value is -3.15. The van der Waals surface area contributed by atoms with Crippen molar-refractivity contribution >= 4 is 5.91 Å². The average Bonchev–Trinajstić information content (AvgIpc) is 3.11. The van der Waals surface area contributed by atoms with Gasteiger partial charge in [-0.15, -0.1) is 10.2 Å². The van der Waals surface area contributed by atoms with E-state index in [4.69, 9.17) is 9.15 Å². The molecule has 3 aromatic rings. The molecule has 1 unspecified atom stereocenters. The minimum absolute atomic E-state index is 0.0782. The van der Waals surface area contributed by atoms with Crippen molar-refractivity contribution in [2.45, 2.75) is 25.8 Å². The fraction of sp³-hybridized carbons (Fsp3) is 0.250. The van der Waals surface area contributed by atoms with Crippen LogP contribution in [0.1, 0.15) is 35.4 Å². The van der Waals surface area contributed by atoms with E-state index in [1.165, 1.54) is 0 Å². The second-order valence-corrected chi connectivity index (χ2v) is 5.92. The molecule has 0 spiro atoms. The molecule has 3 rings (SSSR count). The molecule has 0 aliphatic heterocycles. The lowest BCUT2D eigenvalue weighted by molar-refractivity contribution is -0.121. The van der Waals surface area contributed by atoms with E-state index in [1.54, 1.807) is 14.0 Å². The first-order valence-electron chi connectivity index (χ1n) is 8.43. The van der Waals surface area contributed by atoms with Gasteiger partial charge in [-0.1, -0.05) is 42.5 Å². The molecule has 134 valence electrons. The third-order valence-electron chi connectivity index (χ3n) is 4.03. The van der Waals surface area contributed by atoms with E-state index in [9.17, 15) is 4.79 Å². The van der Waals surface area contributed by atoms with Gasteiger partial charge in [0, 0.05) is 13.3 Å². The van der Waals surface area contributed by atoms with Crippen molar-refractivity contribution in [1.82, 2.24) is 15.5 Å². The van der Waals surface area contributed by atoms with Gasteiger partial charge in [0.1, 0.15) is 11.8 Å². The van der Waals surface area contributed by atoms with E-state index < -0.39 is 6.04 Å². The predicted octanol–water partition coefficient (Wildman–Crippen LogP) is 3.23. The topological polar surface area (TPSA) is 77.2 Å². The lowest BCUT2D eigenvalue weighted by Gasteiger charge is -2.15. The molecule has 0 saturated heterocycles. The maximum Gasteiger partial charge on any atom is 0.243 e. The molecule has 1 N–H and O–H groups in total. The Labute approximate surface area is 152 Å². The highest BCUT2D eigenvalue weighted by Gasteiger charge is 2.22. The Morgan fingerprint density at radius 1 is 1.12 bits per heavy atom. The van der Waals surface area contributed by atoms with Gasteiger partial charge in [-0.05, 0) is 29.7 Å². The number of ether oxygens (including phenoxy) is 1. The molecule has 0 bridgehead atoms. The van der Waals surface area contributed by atoms with Crippen LogP contribution in [-0.4, -0.2) is 23.2 Å². The largest absolute Gasteiger partial charge is 0.497 e. The van der Waals surface area contributed by atoms with E-state index in [-0.39, 0.29) is 5.91 Å². The zero-order valence-corrected chi connectivity index (χ0v) is 14.8. The summed E-state index contributed by atoms with van der Waals surface area (Å²) in [6, 6.07) is 16.8. The number of hydrogen-bond acceptors (Lipinski definition) is 5. The highest BCUT2D eigenvalue weighted by atomic mass is 16.5. The van der Waals surface area contributed by atoms with Crippen molar-refractivity contribution in [1.29, 1.82) is 0 Å². The molecule has 0 fully saturated rings. The lowest BCUT2D eigenvalue weighted by Crippen LogP contribution is -2.29. The number of carbonyl (C=O) groups excluding carboxylic acids is 1. The number of aryl methyl sites for hydroxylation is 2. The van der Waals surface area contributed by atoms with Crippen molar-refractivity contribution in [3.05, 3.63) is 77.5 Å². The van der Waals surface area contributed by atoms with Crippen molar-refractivity contribution in [2.75, 3.05) is 7.11 Å². The summed E-state index contributed by atoms with van der Waals surface area (Å²) in [5.41, 5.74) is 1.97. The fourth-order valence-corrected chi connectivity index (χ4v) is 2.64. The van der Waals surface area contributed by atoms with Crippen LogP contribution >= 0.6 is 0 Å². The zero-order valence-electron chi connectivity index (χ0n) is 14.8. The maximum atomic E-state index is 12.5. The second-order valence-electron chi connectivity index (χ2n) is 5.92. The van der Waals surface area contributed by atoms with E-state index in [1.807, 2.05) is 54.6 Å². The standard InChI is InChI=1S/C20H21N3O3/c1-14-22-23-20(26-14)19(16-6-4-3-5-7-16)21-18(24)13-10-15-8-11-17(25-2)12-9-15/h3-9,11-12,19H,10,13H2,1-2H3,(H,21,24). The normalized spacial score (nSPS) is 11.8. The summed E-state index contributed by atoms with van der Waals surface area (Å²) < 4.78 is 10.7. The van der Waals surface area contributed by atoms with Gasteiger partial charge in [0.15, 0.2) is 0 Å². The van der Waals surface area contributed by atoms with Crippen LogP contribution in [0.3, 0.4) is 0 Å². The summed E-state index contributed by atoms with van der Waals surface area (Å²) in [5, 5.41) is 10.9. The Balaban J connectivity index is 1.67. The van der Waals surface area contributed by atoms with Gasteiger partial charge in [0.2, 0.25) is 17.7 Å². The van der Waals surface area contributed by atoms with Crippen LogP contribution in [0.4, 0.5) is 0 Å². The predicted molar refractivity (Wildman–Crippen MR) is 96.8 cm³/mol. The van der Waals surface area contributed by atoms with Crippen molar-refractivity contribution < 1.29 is 13.9 Å². The Morgan fingerprint density at radius 3 is 2.46 bits per heavy atom. The first-order chi connectivity index (χ1) is 12.7. The molecular formula is C20H21N3O3. The van der Waals surface area contributed by atoms with Gasteiger partial charge in [0.25, 0.3) is 0 Å². The maximum absolute atomic E-state index is 12.5. The molecule has 1 heterocycles.